The number of hydrogen-bond acceptors (Lipinski definition) is 5. The molecule has 0 fully saturated rings. The summed E-state index contributed by atoms with van der Waals surface area (Å²) in [5.41, 5.74) is 9.97. The standard InChI is InChI=1S/C8H7N3O3/c9-7-6(8(10)14)4(1-2-11-7)5(13)3-12/h1-3H,(H2,9,11)(H2,10,14). The summed E-state index contributed by atoms with van der Waals surface area (Å²) in [4.78, 5) is 35.7. The lowest BCUT2D eigenvalue weighted by atomic mass is 10.1. The third-order valence-corrected chi connectivity index (χ3v) is 1.60. The number of nitrogens with two attached hydrogens (primary N) is 2. The number of amides is 1. The maximum absolute atomic E-state index is 11.0. The van der Waals surface area contributed by atoms with E-state index in [9.17, 15) is 14.4 Å². The van der Waals surface area contributed by atoms with Crippen LogP contribution in [-0.4, -0.2) is 23.0 Å². The second-order valence-corrected chi connectivity index (χ2v) is 2.47. The topological polar surface area (TPSA) is 116 Å². The Balaban J connectivity index is 3.42. The van der Waals surface area contributed by atoms with Crippen LogP contribution >= 0.6 is 0 Å². The summed E-state index contributed by atoms with van der Waals surface area (Å²) < 4.78 is 0. The number of aromatic nitrogens is 1. The zero-order valence-corrected chi connectivity index (χ0v) is 7.06. The molecule has 0 aliphatic heterocycles. The van der Waals surface area contributed by atoms with Crippen molar-refractivity contribution >= 4 is 23.8 Å². The van der Waals surface area contributed by atoms with Crippen molar-refractivity contribution in [2.75, 3.05) is 5.73 Å². The van der Waals surface area contributed by atoms with Gasteiger partial charge in [-0.05, 0) is 6.07 Å². The van der Waals surface area contributed by atoms with Crippen LogP contribution in [0, 0.1) is 0 Å². The highest BCUT2D eigenvalue weighted by atomic mass is 16.2. The van der Waals surface area contributed by atoms with E-state index in [-0.39, 0.29) is 23.2 Å². The maximum Gasteiger partial charge on any atom is 0.253 e. The molecule has 0 unspecified atom stereocenters. The second-order valence-electron chi connectivity index (χ2n) is 2.47. The fourth-order valence-corrected chi connectivity index (χ4v) is 1.01. The fourth-order valence-electron chi connectivity index (χ4n) is 1.01. The molecule has 6 nitrogen and oxygen atoms in total. The lowest BCUT2D eigenvalue weighted by Gasteiger charge is -2.03. The number of nitrogens with zero attached hydrogens (tertiary/aromatic N) is 1. The molecule has 0 saturated carbocycles. The minimum atomic E-state index is -0.888. The van der Waals surface area contributed by atoms with Crippen molar-refractivity contribution in [2.45, 2.75) is 0 Å². The van der Waals surface area contributed by atoms with Gasteiger partial charge in [-0.2, -0.15) is 0 Å². The molecule has 0 bridgehead atoms. The van der Waals surface area contributed by atoms with Crippen molar-refractivity contribution in [3.63, 3.8) is 0 Å². The molecular weight excluding hydrogens is 186 g/mol. The smallest absolute Gasteiger partial charge is 0.253 e. The number of hydrogen-bond donors (Lipinski definition) is 2. The van der Waals surface area contributed by atoms with Crippen molar-refractivity contribution in [3.05, 3.63) is 23.4 Å². The number of Topliss-reactive ketones (excluding diaryl/α,β-unsaturated/α-hetero) is 1. The van der Waals surface area contributed by atoms with Gasteiger partial charge < -0.3 is 11.5 Å². The van der Waals surface area contributed by atoms with Crippen molar-refractivity contribution < 1.29 is 14.4 Å². The van der Waals surface area contributed by atoms with Crippen molar-refractivity contribution in [2.24, 2.45) is 5.73 Å². The Hall–Kier alpha value is -2.24. The van der Waals surface area contributed by atoms with Crippen LogP contribution in [0.25, 0.3) is 0 Å². The number of carbonyl (C=O) groups is 3. The van der Waals surface area contributed by atoms with Crippen LogP contribution in [0.15, 0.2) is 12.3 Å². The Morgan fingerprint density at radius 3 is 2.57 bits per heavy atom. The molecule has 0 saturated heterocycles. The molecule has 1 aromatic heterocycles. The summed E-state index contributed by atoms with van der Waals surface area (Å²) in [6.45, 7) is 0. The minimum Gasteiger partial charge on any atom is -0.383 e. The fraction of sp³-hybridized carbons (Fsp3) is 0. The van der Waals surface area contributed by atoms with Gasteiger partial charge in [-0.3, -0.25) is 14.4 Å². The average molecular weight is 193 g/mol. The first-order valence-electron chi connectivity index (χ1n) is 3.61. The van der Waals surface area contributed by atoms with Gasteiger partial charge in [0, 0.05) is 11.8 Å². The van der Waals surface area contributed by atoms with Gasteiger partial charge in [-0.1, -0.05) is 0 Å². The third-order valence-electron chi connectivity index (χ3n) is 1.60. The number of aldehydes is 1. The van der Waals surface area contributed by atoms with Gasteiger partial charge in [-0.15, -0.1) is 0 Å². The first kappa shape index (κ1) is 9.85. The summed E-state index contributed by atoms with van der Waals surface area (Å²) in [5.74, 6) is -1.90. The monoisotopic (exact) mass is 193 g/mol. The molecule has 1 rings (SSSR count). The van der Waals surface area contributed by atoms with Gasteiger partial charge in [0.1, 0.15) is 5.82 Å². The molecule has 1 amide bonds. The quantitative estimate of drug-likeness (QED) is 0.368. The van der Waals surface area contributed by atoms with Crippen LogP contribution in [0.3, 0.4) is 0 Å². The van der Waals surface area contributed by atoms with Gasteiger partial charge in [0.2, 0.25) is 5.78 Å². The molecule has 0 aliphatic carbocycles. The molecule has 72 valence electrons. The maximum atomic E-state index is 11.0. The first-order chi connectivity index (χ1) is 6.57. The van der Waals surface area contributed by atoms with Crippen molar-refractivity contribution in [3.8, 4) is 0 Å². The van der Waals surface area contributed by atoms with Crippen molar-refractivity contribution in [1.29, 1.82) is 0 Å². The largest absolute Gasteiger partial charge is 0.383 e. The van der Waals surface area contributed by atoms with E-state index in [1.807, 2.05) is 0 Å². The molecule has 6 heteroatoms. The Kier molecular flexibility index (Phi) is 2.57. The Bertz CT molecular complexity index is 414. The molecule has 0 atom stereocenters. The predicted octanol–water partition coefficient (Wildman–Crippen LogP) is -0.856. The van der Waals surface area contributed by atoms with Crippen LogP contribution in [0.4, 0.5) is 5.82 Å². The van der Waals surface area contributed by atoms with E-state index in [0.29, 0.717) is 0 Å². The van der Waals surface area contributed by atoms with E-state index < -0.39 is 11.7 Å². The third kappa shape index (κ3) is 1.58. The summed E-state index contributed by atoms with van der Waals surface area (Å²) in [7, 11) is 0. The Labute approximate surface area is 78.9 Å². The Morgan fingerprint density at radius 1 is 1.43 bits per heavy atom. The van der Waals surface area contributed by atoms with Crippen LogP contribution in [0.5, 0.6) is 0 Å². The number of rotatable bonds is 3. The zero-order chi connectivity index (χ0) is 10.7. The molecule has 1 aromatic rings. The van der Waals surface area contributed by atoms with E-state index in [1.54, 1.807) is 0 Å². The van der Waals surface area contributed by atoms with Gasteiger partial charge in [0.05, 0.1) is 5.56 Å². The molecule has 14 heavy (non-hydrogen) atoms. The highest BCUT2D eigenvalue weighted by Crippen LogP contribution is 2.13. The minimum absolute atomic E-state index is 0.0845. The van der Waals surface area contributed by atoms with E-state index in [0.717, 1.165) is 0 Å². The summed E-state index contributed by atoms with van der Waals surface area (Å²) in [6.07, 6.45) is 1.31. The lowest BCUT2D eigenvalue weighted by Crippen LogP contribution is -2.19. The molecule has 4 N–H and O–H groups in total. The van der Waals surface area contributed by atoms with E-state index in [4.69, 9.17) is 11.5 Å². The highest BCUT2D eigenvalue weighted by Gasteiger charge is 2.17. The predicted molar refractivity (Wildman–Crippen MR) is 47.6 cm³/mol. The number of anilines is 1. The van der Waals surface area contributed by atoms with Gasteiger partial charge in [0.25, 0.3) is 5.91 Å². The normalized spacial score (nSPS) is 9.43. The molecule has 0 aliphatic rings. The summed E-state index contributed by atoms with van der Waals surface area (Å²) in [6, 6.07) is 1.22. The molecule has 1 heterocycles. The number of nitrogen functional groups attached to an aromatic ring is 1. The van der Waals surface area contributed by atoms with E-state index >= 15 is 0 Å². The molecular formula is C8H7N3O3. The van der Waals surface area contributed by atoms with Gasteiger partial charge in [-0.25, -0.2) is 4.98 Å². The van der Waals surface area contributed by atoms with Crippen LogP contribution in [-0.2, 0) is 4.79 Å². The average Bonchev–Trinajstić information content (AvgIpc) is 2.15. The first-order valence-corrected chi connectivity index (χ1v) is 3.61. The lowest BCUT2D eigenvalue weighted by molar-refractivity contribution is -0.104. The summed E-state index contributed by atoms with van der Waals surface area (Å²) in [5, 5.41) is 0. The zero-order valence-electron chi connectivity index (χ0n) is 7.06. The highest BCUT2D eigenvalue weighted by molar-refractivity contribution is 6.35. The van der Waals surface area contributed by atoms with E-state index in [2.05, 4.69) is 4.98 Å². The van der Waals surface area contributed by atoms with Gasteiger partial charge in [0.15, 0.2) is 6.29 Å². The number of pyridine rings is 1. The van der Waals surface area contributed by atoms with Crippen LogP contribution in [0.2, 0.25) is 0 Å². The van der Waals surface area contributed by atoms with Crippen LogP contribution < -0.4 is 11.5 Å². The van der Waals surface area contributed by atoms with E-state index in [1.165, 1.54) is 12.3 Å². The number of primary amides is 1. The van der Waals surface area contributed by atoms with Crippen molar-refractivity contribution in [1.82, 2.24) is 4.98 Å². The SMILES string of the molecule is NC(=O)c1c(C(=O)C=O)ccnc1N. The molecule has 0 aromatic carbocycles. The number of carbonyl (C=O) groups excluding carboxylic acids is 3. The molecule has 0 spiro atoms. The molecule has 0 radical (unpaired) electrons. The van der Waals surface area contributed by atoms with Gasteiger partial charge >= 0.3 is 0 Å². The second kappa shape index (κ2) is 3.65. The number of ketones is 1. The van der Waals surface area contributed by atoms with Crippen LogP contribution in [0.1, 0.15) is 20.7 Å². The summed E-state index contributed by atoms with van der Waals surface area (Å²) >= 11 is 0. The Morgan fingerprint density at radius 2 is 2.07 bits per heavy atom.